The molecule has 1 aliphatic heterocycles. The van der Waals surface area contributed by atoms with Crippen LogP contribution in [-0.2, 0) is 4.79 Å². The molecule has 126 valence electrons. The van der Waals surface area contributed by atoms with Crippen LogP contribution in [0.2, 0.25) is 5.02 Å². The van der Waals surface area contributed by atoms with Gasteiger partial charge in [0.1, 0.15) is 11.5 Å². The molecule has 4 nitrogen and oxygen atoms in total. The van der Waals surface area contributed by atoms with Gasteiger partial charge in [0.05, 0.1) is 25.7 Å². The molecule has 0 bridgehead atoms. The fraction of sp³-hybridized carbons (Fsp3) is 0.316. The first-order valence-corrected chi connectivity index (χ1v) is 8.41. The zero-order chi connectivity index (χ0) is 16.9. The third-order valence-electron chi connectivity index (χ3n) is 3.95. The summed E-state index contributed by atoms with van der Waals surface area (Å²) >= 11 is 5.83. The highest BCUT2D eigenvalue weighted by Gasteiger charge is 2.22. The van der Waals surface area contributed by atoms with Gasteiger partial charge in [-0.2, -0.15) is 0 Å². The molecular formula is C19H20ClNO3. The monoisotopic (exact) mass is 345 g/mol. The fourth-order valence-corrected chi connectivity index (χ4v) is 2.85. The van der Waals surface area contributed by atoms with Gasteiger partial charge in [-0.05, 0) is 37.3 Å². The molecular weight excluding hydrogens is 326 g/mol. The summed E-state index contributed by atoms with van der Waals surface area (Å²) in [7, 11) is 0. The minimum atomic E-state index is -0.0247. The van der Waals surface area contributed by atoms with Crippen molar-refractivity contribution in [3.8, 4) is 11.5 Å². The number of nitrogens with one attached hydrogen (secondary N) is 1. The lowest BCUT2D eigenvalue weighted by Gasteiger charge is -2.27. The predicted molar refractivity (Wildman–Crippen MR) is 93.7 cm³/mol. The van der Waals surface area contributed by atoms with Crippen molar-refractivity contribution >= 4 is 17.5 Å². The van der Waals surface area contributed by atoms with Crippen LogP contribution in [-0.4, -0.2) is 19.1 Å². The minimum absolute atomic E-state index is 0.00307. The van der Waals surface area contributed by atoms with Crippen LogP contribution >= 0.6 is 11.6 Å². The van der Waals surface area contributed by atoms with Crippen molar-refractivity contribution in [2.75, 3.05) is 13.2 Å². The molecule has 1 heterocycles. The standard InChI is InChI=1S/C19H20ClNO3/c1-13-2-7-18-16(12-13)17(8-10-24-18)21-19(22)9-11-23-15-5-3-14(20)4-6-15/h2-7,12,17H,8-11H2,1H3,(H,21,22). The van der Waals surface area contributed by atoms with Gasteiger partial charge in [-0.1, -0.05) is 29.3 Å². The van der Waals surface area contributed by atoms with Crippen LogP contribution in [0.1, 0.15) is 30.0 Å². The van der Waals surface area contributed by atoms with E-state index in [-0.39, 0.29) is 11.9 Å². The smallest absolute Gasteiger partial charge is 0.223 e. The molecule has 1 aliphatic rings. The van der Waals surface area contributed by atoms with Crippen molar-refractivity contribution in [2.24, 2.45) is 0 Å². The molecule has 0 radical (unpaired) electrons. The molecule has 0 aliphatic carbocycles. The number of benzene rings is 2. The Labute approximate surface area is 146 Å². The lowest BCUT2D eigenvalue weighted by Crippen LogP contribution is -2.32. The van der Waals surface area contributed by atoms with Crippen LogP contribution in [0.5, 0.6) is 11.5 Å². The first-order valence-electron chi connectivity index (χ1n) is 8.03. The van der Waals surface area contributed by atoms with Gasteiger partial charge in [-0.25, -0.2) is 0 Å². The van der Waals surface area contributed by atoms with Crippen molar-refractivity contribution in [1.82, 2.24) is 5.32 Å². The van der Waals surface area contributed by atoms with E-state index in [2.05, 4.69) is 11.4 Å². The highest BCUT2D eigenvalue weighted by molar-refractivity contribution is 6.30. The van der Waals surface area contributed by atoms with E-state index in [0.717, 1.165) is 23.3 Å². The number of carbonyl (C=O) groups excluding carboxylic acids is 1. The van der Waals surface area contributed by atoms with Crippen LogP contribution in [0.25, 0.3) is 0 Å². The number of amides is 1. The van der Waals surface area contributed by atoms with Crippen molar-refractivity contribution in [3.05, 3.63) is 58.6 Å². The lowest BCUT2D eigenvalue weighted by molar-refractivity contribution is -0.122. The minimum Gasteiger partial charge on any atom is -0.493 e. The zero-order valence-corrected chi connectivity index (χ0v) is 14.3. The largest absolute Gasteiger partial charge is 0.493 e. The molecule has 0 spiro atoms. The van der Waals surface area contributed by atoms with Crippen LogP contribution in [0, 0.1) is 6.92 Å². The summed E-state index contributed by atoms with van der Waals surface area (Å²) in [6, 6.07) is 13.2. The van der Waals surface area contributed by atoms with E-state index in [1.54, 1.807) is 24.3 Å². The van der Waals surface area contributed by atoms with Gasteiger partial charge in [0, 0.05) is 17.0 Å². The Morgan fingerprint density at radius 1 is 1.29 bits per heavy atom. The van der Waals surface area contributed by atoms with E-state index in [4.69, 9.17) is 21.1 Å². The number of ether oxygens (including phenoxy) is 2. The topological polar surface area (TPSA) is 47.6 Å². The molecule has 2 aromatic rings. The highest BCUT2D eigenvalue weighted by Crippen LogP contribution is 2.32. The summed E-state index contributed by atoms with van der Waals surface area (Å²) in [5.41, 5.74) is 2.21. The number of hydrogen-bond acceptors (Lipinski definition) is 3. The van der Waals surface area contributed by atoms with Gasteiger partial charge in [0.2, 0.25) is 5.91 Å². The maximum Gasteiger partial charge on any atom is 0.223 e. The SMILES string of the molecule is Cc1ccc2c(c1)C(NC(=O)CCOc1ccc(Cl)cc1)CCO2. The normalized spacial score (nSPS) is 16.0. The van der Waals surface area contributed by atoms with Crippen LogP contribution < -0.4 is 14.8 Å². The number of aryl methyl sites for hydroxylation is 1. The maximum atomic E-state index is 12.2. The summed E-state index contributed by atoms with van der Waals surface area (Å²) in [6.07, 6.45) is 1.08. The van der Waals surface area contributed by atoms with Crippen LogP contribution in [0.15, 0.2) is 42.5 Å². The van der Waals surface area contributed by atoms with E-state index >= 15 is 0 Å². The predicted octanol–water partition coefficient (Wildman–Crippen LogP) is 4.06. The Morgan fingerprint density at radius 2 is 2.08 bits per heavy atom. The number of carbonyl (C=O) groups is 1. The number of hydrogen-bond donors (Lipinski definition) is 1. The maximum absolute atomic E-state index is 12.2. The van der Waals surface area contributed by atoms with E-state index in [0.29, 0.717) is 30.4 Å². The third kappa shape index (κ3) is 4.20. The molecule has 0 saturated heterocycles. The molecule has 1 unspecified atom stereocenters. The molecule has 1 N–H and O–H groups in total. The van der Waals surface area contributed by atoms with E-state index in [1.807, 2.05) is 19.1 Å². The van der Waals surface area contributed by atoms with E-state index in [1.165, 1.54) is 0 Å². The summed E-state index contributed by atoms with van der Waals surface area (Å²) in [6.45, 7) is 2.98. The number of rotatable bonds is 5. The van der Waals surface area contributed by atoms with E-state index in [9.17, 15) is 4.79 Å². The first-order chi connectivity index (χ1) is 11.6. The lowest BCUT2D eigenvalue weighted by atomic mass is 9.98. The molecule has 1 atom stereocenters. The quantitative estimate of drug-likeness (QED) is 0.889. The fourth-order valence-electron chi connectivity index (χ4n) is 2.72. The number of fused-ring (bicyclic) bond motifs is 1. The summed E-state index contributed by atoms with van der Waals surface area (Å²) in [5.74, 6) is 1.54. The highest BCUT2D eigenvalue weighted by atomic mass is 35.5. The van der Waals surface area contributed by atoms with Gasteiger partial charge in [-0.15, -0.1) is 0 Å². The van der Waals surface area contributed by atoms with Crippen molar-refractivity contribution in [1.29, 1.82) is 0 Å². The Bertz CT molecular complexity index is 715. The van der Waals surface area contributed by atoms with E-state index < -0.39 is 0 Å². The third-order valence-corrected chi connectivity index (χ3v) is 4.20. The van der Waals surface area contributed by atoms with Gasteiger partial charge in [0.25, 0.3) is 0 Å². The first kappa shape index (κ1) is 16.7. The second kappa shape index (κ2) is 7.58. The van der Waals surface area contributed by atoms with Crippen molar-refractivity contribution in [2.45, 2.75) is 25.8 Å². The second-order valence-corrected chi connectivity index (χ2v) is 6.29. The van der Waals surface area contributed by atoms with Gasteiger partial charge in [0.15, 0.2) is 0 Å². The van der Waals surface area contributed by atoms with Gasteiger partial charge in [-0.3, -0.25) is 4.79 Å². The Morgan fingerprint density at radius 3 is 2.88 bits per heavy atom. The second-order valence-electron chi connectivity index (χ2n) is 5.85. The Kier molecular flexibility index (Phi) is 5.26. The van der Waals surface area contributed by atoms with Crippen LogP contribution in [0.4, 0.5) is 0 Å². The molecule has 0 saturated carbocycles. The Balaban J connectivity index is 1.52. The van der Waals surface area contributed by atoms with Gasteiger partial charge >= 0.3 is 0 Å². The van der Waals surface area contributed by atoms with Crippen LogP contribution in [0.3, 0.4) is 0 Å². The Hall–Kier alpha value is -2.20. The average molecular weight is 346 g/mol. The molecule has 1 amide bonds. The molecule has 0 aromatic heterocycles. The molecule has 24 heavy (non-hydrogen) atoms. The zero-order valence-electron chi connectivity index (χ0n) is 13.5. The molecule has 2 aromatic carbocycles. The summed E-state index contributed by atoms with van der Waals surface area (Å²) in [4.78, 5) is 12.2. The average Bonchev–Trinajstić information content (AvgIpc) is 2.57. The summed E-state index contributed by atoms with van der Waals surface area (Å²) in [5, 5.41) is 3.74. The van der Waals surface area contributed by atoms with Gasteiger partial charge < -0.3 is 14.8 Å². The number of halogens is 1. The molecule has 5 heteroatoms. The van der Waals surface area contributed by atoms with Crippen molar-refractivity contribution in [3.63, 3.8) is 0 Å². The van der Waals surface area contributed by atoms with Crippen molar-refractivity contribution < 1.29 is 14.3 Å². The molecule has 0 fully saturated rings. The molecule has 3 rings (SSSR count). The summed E-state index contributed by atoms with van der Waals surface area (Å²) < 4.78 is 11.2.